The fraction of sp³-hybridized carbons (Fsp3) is 0.615. The number of aryl methyl sites for hydroxylation is 1. The van der Waals surface area contributed by atoms with E-state index >= 15 is 0 Å². The molecule has 21 heavy (non-hydrogen) atoms. The highest BCUT2D eigenvalue weighted by Gasteiger charge is 2.16. The highest BCUT2D eigenvalue weighted by Crippen LogP contribution is 2.20. The van der Waals surface area contributed by atoms with Crippen molar-refractivity contribution in [2.24, 2.45) is 10.7 Å². The molecule has 4 N–H and O–H groups in total. The van der Waals surface area contributed by atoms with Gasteiger partial charge in [-0.05, 0) is 31.9 Å². The first kappa shape index (κ1) is 16.3. The molecule has 1 aromatic heterocycles. The van der Waals surface area contributed by atoms with E-state index in [0.29, 0.717) is 22.8 Å². The predicted molar refractivity (Wildman–Crippen MR) is 86.1 cm³/mol. The van der Waals surface area contributed by atoms with Crippen LogP contribution in [0.15, 0.2) is 21.3 Å². The second kappa shape index (κ2) is 7.24. The molecule has 1 aliphatic carbocycles. The first-order valence-corrected chi connectivity index (χ1v) is 9.40. The molecule has 6 nitrogen and oxygen atoms in total. The molecule has 0 saturated heterocycles. The Hall–Kier alpha value is -1.12. The van der Waals surface area contributed by atoms with Crippen LogP contribution in [0.5, 0.6) is 0 Å². The van der Waals surface area contributed by atoms with Gasteiger partial charge in [-0.25, -0.2) is 13.1 Å². The molecule has 1 fully saturated rings. The third-order valence-electron chi connectivity index (χ3n) is 3.37. The van der Waals surface area contributed by atoms with Gasteiger partial charge in [-0.15, -0.1) is 11.3 Å². The SMILES string of the molecule is Cc1ccc(S(=O)(=O)NCCN=C(N)NC2CCCC2)s1. The minimum Gasteiger partial charge on any atom is -0.370 e. The number of hydrogen-bond acceptors (Lipinski definition) is 4. The zero-order valence-electron chi connectivity index (χ0n) is 12.1. The average molecular weight is 330 g/mol. The van der Waals surface area contributed by atoms with Crippen molar-refractivity contribution in [1.29, 1.82) is 0 Å². The van der Waals surface area contributed by atoms with Crippen LogP contribution in [0, 0.1) is 6.92 Å². The molecule has 1 aliphatic rings. The first-order valence-electron chi connectivity index (χ1n) is 7.10. The van der Waals surface area contributed by atoms with Crippen molar-refractivity contribution in [3.8, 4) is 0 Å². The van der Waals surface area contributed by atoms with Gasteiger partial charge in [-0.3, -0.25) is 4.99 Å². The van der Waals surface area contributed by atoms with Crippen molar-refractivity contribution in [3.05, 3.63) is 17.0 Å². The van der Waals surface area contributed by atoms with Gasteiger partial charge in [-0.1, -0.05) is 12.8 Å². The molecule has 1 saturated carbocycles. The molecule has 8 heteroatoms. The van der Waals surface area contributed by atoms with Gasteiger partial charge < -0.3 is 11.1 Å². The van der Waals surface area contributed by atoms with Crippen LogP contribution in [0.3, 0.4) is 0 Å². The molecule has 118 valence electrons. The number of guanidine groups is 1. The summed E-state index contributed by atoms with van der Waals surface area (Å²) in [4.78, 5) is 5.12. The monoisotopic (exact) mass is 330 g/mol. The fourth-order valence-electron chi connectivity index (χ4n) is 2.31. The number of thiophene rings is 1. The zero-order chi connectivity index (χ0) is 15.3. The smallest absolute Gasteiger partial charge is 0.250 e. The minimum atomic E-state index is -3.42. The lowest BCUT2D eigenvalue weighted by molar-refractivity contribution is 0.584. The number of sulfonamides is 1. The Morgan fingerprint density at radius 3 is 2.76 bits per heavy atom. The second-order valence-electron chi connectivity index (χ2n) is 5.16. The van der Waals surface area contributed by atoms with Crippen LogP contribution < -0.4 is 15.8 Å². The lowest BCUT2D eigenvalue weighted by Gasteiger charge is -2.12. The van der Waals surface area contributed by atoms with Gasteiger partial charge in [0.25, 0.3) is 0 Å². The van der Waals surface area contributed by atoms with E-state index in [2.05, 4.69) is 15.0 Å². The van der Waals surface area contributed by atoms with Gasteiger partial charge in [0.1, 0.15) is 4.21 Å². The Morgan fingerprint density at radius 1 is 1.43 bits per heavy atom. The Balaban J connectivity index is 1.75. The summed E-state index contributed by atoms with van der Waals surface area (Å²) in [6.45, 7) is 2.45. The van der Waals surface area contributed by atoms with Gasteiger partial charge >= 0.3 is 0 Å². The average Bonchev–Trinajstić information content (AvgIpc) is 3.06. The second-order valence-corrected chi connectivity index (χ2v) is 8.44. The lowest BCUT2D eigenvalue weighted by atomic mass is 10.2. The van der Waals surface area contributed by atoms with Gasteiger partial charge in [0.15, 0.2) is 5.96 Å². The Labute approximate surface area is 129 Å². The van der Waals surface area contributed by atoms with Crippen molar-refractivity contribution in [1.82, 2.24) is 10.0 Å². The molecule has 0 radical (unpaired) electrons. The van der Waals surface area contributed by atoms with Gasteiger partial charge in [-0.2, -0.15) is 0 Å². The molecule has 1 aromatic rings. The first-order chi connectivity index (χ1) is 9.97. The van der Waals surface area contributed by atoms with Crippen molar-refractivity contribution in [2.45, 2.75) is 42.9 Å². The maximum absolute atomic E-state index is 12.0. The van der Waals surface area contributed by atoms with Crippen LogP contribution in [0.2, 0.25) is 0 Å². The topological polar surface area (TPSA) is 96.6 Å². The minimum absolute atomic E-state index is 0.242. The number of nitrogens with two attached hydrogens (primary N) is 1. The van der Waals surface area contributed by atoms with Crippen molar-refractivity contribution >= 4 is 27.3 Å². The Morgan fingerprint density at radius 2 is 2.14 bits per heavy atom. The van der Waals surface area contributed by atoms with E-state index in [1.54, 1.807) is 12.1 Å². The zero-order valence-corrected chi connectivity index (χ0v) is 13.8. The molecule has 0 bridgehead atoms. The molecular weight excluding hydrogens is 308 g/mol. The van der Waals surface area contributed by atoms with Crippen LogP contribution in [-0.2, 0) is 10.0 Å². The molecule has 1 heterocycles. The highest BCUT2D eigenvalue weighted by molar-refractivity contribution is 7.91. The third kappa shape index (κ3) is 4.98. The fourth-order valence-corrected chi connectivity index (χ4v) is 4.66. The highest BCUT2D eigenvalue weighted by atomic mass is 32.2. The summed E-state index contributed by atoms with van der Waals surface area (Å²) in [7, 11) is -3.42. The molecule has 2 rings (SSSR count). The summed E-state index contributed by atoms with van der Waals surface area (Å²) in [6.07, 6.45) is 4.71. The molecule has 0 unspecified atom stereocenters. The molecule has 0 aromatic carbocycles. The van der Waals surface area contributed by atoms with Crippen molar-refractivity contribution in [2.75, 3.05) is 13.1 Å². The number of rotatable bonds is 6. The molecule has 0 amide bonds. The van der Waals surface area contributed by atoms with Crippen molar-refractivity contribution in [3.63, 3.8) is 0 Å². The maximum Gasteiger partial charge on any atom is 0.250 e. The quantitative estimate of drug-likeness (QED) is 0.414. The summed E-state index contributed by atoms with van der Waals surface area (Å²) in [5.41, 5.74) is 5.78. The van der Waals surface area contributed by atoms with Crippen LogP contribution in [0.25, 0.3) is 0 Å². The molecular formula is C13H22N4O2S2. The van der Waals surface area contributed by atoms with Gasteiger partial charge in [0, 0.05) is 17.5 Å². The molecule has 0 atom stereocenters. The van der Waals surface area contributed by atoms with Gasteiger partial charge in [0.05, 0.1) is 6.54 Å². The largest absolute Gasteiger partial charge is 0.370 e. The van der Waals surface area contributed by atoms with Crippen LogP contribution in [0.4, 0.5) is 0 Å². The van der Waals surface area contributed by atoms with Crippen LogP contribution >= 0.6 is 11.3 Å². The standard InChI is InChI=1S/C13H22N4O2S2/c1-10-6-7-12(20-10)21(18,19)16-9-8-15-13(14)17-11-4-2-3-5-11/h6-7,11,16H,2-5,8-9H2,1H3,(H3,14,15,17). The number of hydrogen-bond donors (Lipinski definition) is 3. The Bertz CT molecular complexity index is 589. The van der Waals surface area contributed by atoms with Crippen LogP contribution in [-0.4, -0.2) is 33.5 Å². The summed E-state index contributed by atoms with van der Waals surface area (Å²) in [5.74, 6) is 0.396. The van der Waals surface area contributed by atoms with E-state index in [1.807, 2.05) is 6.92 Å². The maximum atomic E-state index is 12.0. The third-order valence-corrected chi connectivity index (χ3v) is 6.33. The van der Waals surface area contributed by atoms with E-state index in [-0.39, 0.29) is 6.54 Å². The number of aliphatic imine (C=N–C) groups is 1. The summed E-state index contributed by atoms with van der Waals surface area (Å²) in [6, 6.07) is 3.82. The van der Waals surface area contributed by atoms with Crippen LogP contribution in [0.1, 0.15) is 30.6 Å². The van der Waals surface area contributed by atoms with E-state index in [0.717, 1.165) is 17.7 Å². The summed E-state index contributed by atoms with van der Waals surface area (Å²) >= 11 is 1.26. The predicted octanol–water partition coefficient (Wildman–Crippen LogP) is 1.18. The van der Waals surface area contributed by atoms with E-state index in [4.69, 9.17) is 5.73 Å². The van der Waals surface area contributed by atoms with Crippen molar-refractivity contribution < 1.29 is 8.42 Å². The summed E-state index contributed by atoms with van der Waals surface area (Å²) in [5, 5.41) is 3.16. The van der Waals surface area contributed by atoms with E-state index < -0.39 is 10.0 Å². The number of nitrogens with zero attached hydrogens (tertiary/aromatic N) is 1. The normalized spacial score (nSPS) is 17.3. The van der Waals surface area contributed by atoms with Gasteiger partial charge in [0.2, 0.25) is 10.0 Å². The molecule has 0 aliphatic heterocycles. The lowest BCUT2D eigenvalue weighted by Crippen LogP contribution is -2.39. The van der Waals surface area contributed by atoms with E-state index in [1.165, 1.54) is 24.2 Å². The van der Waals surface area contributed by atoms with E-state index in [9.17, 15) is 8.42 Å². The Kier molecular flexibility index (Phi) is 5.60. The number of nitrogens with one attached hydrogen (secondary N) is 2. The summed E-state index contributed by atoms with van der Waals surface area (Å²) < 4.78 is 26.8. The molecule has 0 spiro atoms.